The molecular weight excluding hydrogens is 452 g/mol. The molecule has 0 saturated carbocycles. The number of aromatic nitrogens is 2. The van der Waals surface area contributed by atoms with Crippen LogP contribution >= 0.6 is 11.3 Å². The summed E-state index contributed by atoms with van der Waals surface area (Å²) in [5, 5.41) is 13.9. The second-order valence-corrected chi connectivity index (χ2v) is 9.10. The smallest absolute Gasteiger partial charge is 0.285 e. The van der Waals surface area contributed by atoms with Crippen molar-refractivity contribution < 1.29 is 13.2 Å². The van der Waals surface area contributed by atoms with Crippen LogP contribution in [0.3, 0.4) is 0 Å². The Kier molecular flexibility index (Phi) is 6.80. The summed E-state index contributed by atoms with van der Waals surface area (Å²) in [6, 6.07) is 13.2. The largest absolute Gasteiger partial charge is 0.369 e. The van der Waals surface area contributed by atoms with Crippen molar-refractivity contribution in [2.45, 2.75) is 18.7 Å². The standard InChI is InChI=1S/C19H20N8O3S2/c1-11-3-5-13(6-4-11)16-25-26-19(31-16)24-17(20)23-18(21)27-32(29,30)15-9-7-14(8-10-15)22-12(2)28/h3-10H,1-2H3,(H,22,28)(H5,20,21,23,24,26,27). The number of aliphatic imine (C=N–C) groups is 1. The van der Waals surface area contributed by atoms with E-state index in [4.69, 9.17) is 11.5 Å². The molecule has 0 aliphatic heterocycles. The van der Waals surface area contributed by atoms with Crippen LogP contribution in [-0.2, 0) is 14.8 Å². The van der Waals surface area contributed by atoms with Crippen molar-refractivity contribution >= 4 is 50.0 Å². The Morgan fingerprint density at radius 3 is 2.28 bits per heavy atom. The summed E-state index contributed by atoms with van der Waals surface area (Å²) in [4.78, 5) is 15.0. The number of carbonyl (C=O) groups excluding carboxylic acids is 1. The minimum atomic E-state index is -4.11. The van der Waals surface area contributed by atoms with Crippen molar-refractivity contribution in [3.05, 3.63) is 54.1 Å². The quantitative estimate of drug-likeness (QED) is 0.320. The Hall–Kier alpha value is -3.84. The second kappa shape index (κ2) is 9.53. The summed E-state index contributed by atoms with van der Waals surface area (Å²) in [6.07, 6.45) is 0. The first-order valence-electron chi connectivity index (χ1n) is 9.12. The van der Waals surface area contributed by atoms with Crippen molar-refractivity contribution in [1.29, 1.82) is 0 Å². The summed E-state index contributed by atoms with van der Waals surface area (Å²) >= 11 is 1.20. The highest BCUT2D eigenvalue weighted by atomic mass is 32.2. The summed E-state index contributed by atoms with van der Waals surface area (Å²) in [7, 11) is -4.11. The molecule has 3 rings (SSSR count). The molecule has 0 atom stereocenters. The third-order valence-corrected chi connectivity index (χ3v) is 6.05. The predicted octanol–water partition coefficient (Wildman–Crippen LogP) is 1.71. The van der Waals surface area contributed by atoms with Crippen LogP contribution in [-0.4, -0.2) is 36.4 Å². The molecule has 1 heterocycles. The molecule has 0 fully saturated rings. The van der Waals surface area contributed by atoms with E-state index in [0.29, 0.717) is 10.7 Å². The highest BCUT2D eigenvalue weighted by Gasteiger charge is 2.14. The average molecular weight is 473 g/mol. The van der Waals surface area contributed by atoms with Crippen LogP contribution in [0.1, 0.15) is 12.5 Å². The number of nitrogens with one attached hydrogen (secondary N) is 2. The molecular formula is C19H20N8O3S2. The Morgan fingerprint density at radius 2 is 1.66 bits per heavy atom. The van der Waals surface area contributed by atoms with Crippen LogP contribution in [0, 0.1) is 6.92 Å². The molecule has 1 amide bonds. The first-order valence-corrected chi connectivity index (χ1v) is 11.4. The van der Waals surface area contributed by atoms with Gasteiger partial charge in [-0.1, -0.05) is 41.2 Å². The van der Waals surface area contributed by atoms with Crippen LogP contribution in [0.25, 0.3) is 10.6 Å². The summed E-state index contributed by atoms with van der Waals surface area (Å²) < 4.78 is 28.3. The van der Waals surface area contributed by atoms with Gasteiger partial charge in [-0.25, -0.2) is 0 Å². The number of guanidine groups is 2. The lowest BCUT2D eigenvalue weighted by molar-refractivity contribution is -0.114. The fraction of sp³-hybridized carbons (Fsp3) is 0.105. The molecule has 0 saturated heterocycles. The summed E-state index contributed by atoms with van der Waals surface area (Å²) in [6.45, 7) is 3.33. The van der Waals surface area contributed by atoms with Gasteiger partial charge in [-0.3, -0.25) is 10.1 Å². The molecule has 3 aromatic rings. The molecule has 166 valence electrons. The van der Waals surface area contributed by atoms with Crippen molar-refractivity contribution in [1.82, 2.24) is 15.5 Å². The molecule has 0 radical (unpaired) electrons. The summed E-state index contributed by atoms with van der Waals surface area (Å²) in [5.74, 6) is -0.947. The number of benzene rings is 2. The van der Waals surface area contributed by atoms with Crippen LogP contribution in [0.5, 0.6) is 0 Å². The van der Waals surface area contributed by atoms with Gasteiger partial charge in [0.05, 0.1) is 4.90 Å². The lowest BCUT2D eigenvalue weighted by Crippen LogP contribution is -2.41. The maximum absolute atomic E-state index is 12.4. The molecule has 0 aliphatic rings. The number of aryl methyl sites for hydroxylation is 1. The maximum Gasteiger partial charge on any atom is 0.285 e. The number of carbonyl (C=O) groups is 1. The number of hydrogen-bond acceptors (Lipinski definition) is 7. The molecule has 0 bridgehead atoms. The van der Waals surface area contributed by atoms with Gasteiger partial charge in [0.15, 0.2) is 0 Å². The van der Waals surface area contributed by atoms with Crippen LogP contribution in [0.2, 0.25) is 0 Å². The first kappa shape index (κ1) is 22.8. The Balaban J connectivity index is 1.70. The third-order valence-electron chi connectivity index (χ3n) is 3.88. The van der Waals surface area contributed by atoms with Crippen molar-refractivity contribution in [3.63, 3.8) is 0 Å². The number of rotatable bonds is 5. The average Bonchev–Trinajstić information content (AvgIpc) is 3.16. The molecule has 0 spiro atoms. The number of nitrogens with two attached hydrogens (primary N) is 2. The van der Waals surface area contributed by atoms with Crippen molar-refractivity contribution in [2.75, 3.05) is 5.32 Å². The van der Waals surface area contributed by atoms with Gasteiger partial charge < -0.3 is 16.8 Å². The number of amides is 1. The second-order valence-electron chi connectivity index (χ2n) is 6.54. The van der Waals surface area contributed by atoms with E-state index in [0.717, 1.165) is 11.1 Å². The molecule has 13 heteroatoms. The normalized spacial score (nSPS) is 12.4. The van der Waals surface area contributed by atoms with Gasteiger partial charge >= 0.3 is 0 Å². The van der Waals surface area contributed by atoms with E-state index in [1.54, 1.807) is 0 Å². The van der Waals surface area contributed by atoms with Crippen molar-refractivity contribution in [2.24, 2.45) is 20.9 Å². The minimum Gasteiger partial charge on any atom is -0.369 e. The number of hydrogen-bond donors (Lipinski definition) is 4. The first-order chi connectivity index (χ1) is 15.1. The zero-order chi connectivity index (χ0) is 23.3. The van der Waals surface area contributed by atoms with Gasteiger partial charge in [0, 0.05) is 18.2 Å². The fourth-order valence-corrected chi connectivity index (χ4v) is 4.08. The zero-order valence-corrected chi connectivity index (χ0v) is 18.7. The Bertz CT molecular complexity index is 1280. The minimum absolute atomic E-state index is 0.112. The molecule has 1 aromatic heterocycles. The highest BCUT2D eigenvalue weighted by molar-refractivity contribution is 7.90. The number of sulfonamides is 1. The van der Waals surface area contributed by atoms with E-state index in [1.807, 2.05) is 31.2 Å². The van der Waals surface area contributed by atoms with E-state index < -0.39 is 16.0 Å². The Morgan fingerprint density at radius 1 is 1.00 bits per heavy atom. The van der Waals surface area contributed by atoms with Gasteiger partial charge in [0.25, 0.3) is 10.0 Å². The predicted molar refractivity (Wildman–Crippen MR) is 124 cm³/mol. The van der Waals surface area contributed by atoms with Gasteiger partial charge in [-0.05, 0) is 31.2 Å². The van der Waals surface area contributed by atoms with E-state index in [-0.39, 0.29) is 21.9 Å². The SMILES string of the molecule is CC(=O)Nc1ccc(S(=O)(=O)/N=C(\N)N/C(N)=N/c2nnc(-c3ccc(C)cc3)s2)cc1. The van der Waals surface area contributed by atoms with Crippen LogP contribution < -0.4 is 22.1 Å². The molecule has 0 unspecified atom stereocenters. The van der Waals surface area contributed by atoms with Gasteiger partial charge in [0.2, 0.25) is 23.0 Å². The zero-order valence-electron chi connectivity index (χ0n) is 17.1. The lowest BCUT2D eigenvalue weighted by Gasteiger charge is -2.05. The highest BCUT2D eigenvalue weighted by Crippen LogP contribution is 2.28. The van der Waals surface area contributed by atoms with E-state index in [2.05, 4.69) is 30.2 Å². The van der Waals surface area contributed by atoms with E-state index in [9.17, 15) is 13.2 Å². The van der Waals surface area contributed by atoms with Crippen molar-refractivity contribution in [3.8, 4) is 10.6 Å². The molecule has 11 nitrogen and oxygen atoms in total. The fourth-order valence-electron chi connectivity index (χ4n) is 2.45. The van der Waals surface area contributed by atoms with Gasteiger partial charge in [-0.2, -0.15) is 13.4 Å². The van der Waals surface area contributed by atoms with E-state index in [1.165, 1.54) is 42.5 Å². The van der Waals surface area contributed by atoms with Crippen LogP contribution in [0.15, 0.2) is 62.8 Å². The van der Waals surface area contributed by atoms with Crippen LogP contribution in [0.4, 0.5) is 10.8 Å². The lowest BCUT2D eigenvalue weighted by atomic mass is 10.2. The van der Waals surface area contributed by atoms with Gasteiger partial charge in [-0.15, -0.1) is 14.6 Å². The molecule has 2 aromatic carbocycles. The summed E-state index contributed by atoms with van der Waals surface area (Å²) in [5.41, 5.74) is 13.9. The third kappa shape index (κ3) is 6.09. The molecule has 0 aliphatic carbocycles. The monoisotopic (exact) mass is 472 g/mol. The number of nitrogens with zero attached hydrogens (tertiary/aromatic N) is 4. The maximum atomic E-state index is 12.4. The van der Waals surface area contributed by atoms with E-state index >= 15 is 0 Å². The Labute approximate surface area is 188 Å². The number of anilines is 1. The topological polar surface area (TPSA) is 178 Å². The molecule has 32 heavy (non-hydrogen) atoms. The molecule has 6 N–H and O–H groups in total. The van der Waals surface area contributed by atoms with Gasteiger partial charge in [0.1, 0.15) is 5.01 Å².